The van der Waals surface area contributed by atoms with Gasteiger partial charge in [-0.15, -0.1) is 0 Å². The molecule has 0 spiro atoms. The van der Waals surface area contributed by atoms with Crippen LogP contribution in [0.15, 0.2) is 48.5 Å². The van der Waals surface area contributed by atoms with E-state index in [1.807, 2.05) is 0 Å². The molecular formula is C16H14Cl4N2O2. The number of rotatable bonds is 5. The third-order valence-corrected chi connectivity index (χ3v) is 4.02. The quantitative estimate of drug-likeness (QED) is 0.548. The Kier molecular flexibility index (Phi) is 6.47. The maximum atomic E-state index is 12.4. The predicted octanol–water partition coefficient (Wildman–Crippen LogP) is 4.89. The SMILES string of the molecule is COc1ccc(C(=O)N[C@@H](Nc2ccc(Cl)cc2)C(Cl)(Cl)Cl)cc1. The Hall–Kier alpha value is -1.33. The third kappa shape index (κ3) is 5.35. The monoisotopic (exact) mass is 406 g/mol. The van der Waals surface area contributed by atoms with Crippen LogP contribution in [-0.2, 0) is 0 Å². The van der Waals surface area contributed by atoms with Gasteiger partial charge < -0.3 is 15.4 Å². The minimum absolute atomic E-state index is 0.393. The Bertz CT molecular complexity index is 685. The molecule has 4 nitrogen and oxygen atoms in total. The van der Waals surface area contributed by atoms with Crippen LogP contribution in [0.1, 0.15) is 10.4 Å². The lowest BCUT2D eigenvalue weighted by Gasteiger charge is -2.27. The first-order valence-corrected chi connectivity index (χ1v) is 8.34. The predicted molar refractivity (Wildman–Crippen MR) is 99.6 cm³/mol. The lowest BCUT2D eigenvalue weighted by Crippen LogP contribution is -2.49. The number of methoxy groups -OCH3 is 1. The van der Waals surface area contributed by atoms with E-state index in [0.717, 1.165) is 0 Å². The van der Waals surface area contributed by atoms with Crippen LogP contribution in [-0.4, -0.2) is 23.0 Å². The summed E-state index contributed by atoms with van der Waals surface area (Å²) in [5.74, 6) is 0.249. The van der Waals surface area contributed by atoms with Crippen LogP contribution in [0.3, 0.4) is 0 Å². The molecule has 24 heavy (non-hydrogen) atoms. The van der Waals surface area contributed by atoms with E-state index in [9.17, 15) is 4.79 Å². The smallest absolute Gasteiger partial charge is 0.252 e. The number of nitrogens with one attached hydrogen (secondary N) is 2. The maximum absolute atomic E-state index is 12.4. The summed E-state index contributed by atoms with van der Waals surface area (Å²) >= 11 is 23.7. The third-order valence-electron chi connectivity index (χ3n) is 3.11. The minimum atomic E-state index is -1.76. The molecule has 0 fully saturated rings. The number of halogens is 4. The van der Waals surface area contributed by atoms with Crippen LogP contribution in [0.5, 0.6) is 5.75 Å². The van der Waals surface area contributed by atoms with E-state index < -0.39 is 15.9 Å². The summed E-state index contributed by atoms with van der Waals surface area (Å²) in [6.45, 7) is 0. The molecule has 2 rings (SSSR count). The second-order valence-electron chi connectivity index (χ2n) is 4.83. The summed E-state index contributed by atoms with van der Waals surface area (Å²) in [5.41, 5.74) is 1.05. The molecule has 0 aliphatic rings. The second-order valence-corrected chi connectivity index (χ2v) is 7.63. The van der Waals surface area contributed by atoms with Gasteiger partial charge in [0.15, 0.2) is 0 Å². The Morgan fingerprint density at radius 1 is 1.04 bits per heavy atom. The van der Waals surface area contributed by atoms with Crippen LogP contribution in [0.4, 0.5) is 5.69 Å². The van der Waals surface area contributed by atoms with Crippen molar-refractivity contribution in [1.82, 2.24) is 5.32 Å². The first-order chi connectivity index (χ1) is 11.3. The van der Waals surface area contributed by atoms with Gasteiger partial charge in [-0.2, -0.15) is 0 Å². The van der Waals surface area contributed by atoms with Gasteiger partial charge in [-0.25, -0.2) is 0 Å². The molecule has 0 radical (unpaired) electrons. The van der Waals surface area contributed by atoms with Crippen molar-refractivity contribution in [3.05, 3.63) is 59.1 Å². The average Bonchev–Trinajstić information content (AvgIpc) is 2.55. The van der Waals surface area contributed by atoms with E-state index in [-0.39, 0.29) is 0 Å². The molecule has 0 bridgehead atoms. The fourth-order valence-corrected chi connectivity index (χ4v) is 2.32. The maximum Gasteiger partial charge on any atom is 0.252 e. The van der Waals surface area contributed by atoms with Gasteiger partial charge in [0.05, 0.1) is 7.11 Å². The summed E-state index contributed by atoms with van der Waals surface area (Å²) in [5, 5.41) is 6.19. The highest BCUT2D eigenvalue weighted by Gasteiger charge is 2.34. The number of carbonyl (C=O) groups is 1. The normalized spacial score (nSPS) is 12.4. The molecule has 2 aromatic carbocycles. The summed E-state index contributed by atoms with van der Waals surface area (Å²) in [6.07, 6.45) is -0.946. The number of hydrogen-bond acceptors (Lipinski definition) is 3. The van der Waals surface area contributed by atoms with Gasteiger partial charge in [0.2, 0.25) is 3.79 Å². The molecule has 8 heteroatoms. The summed E-state index contributed by atoms with van der Waals surface area (Å²) in [7, 11) is 1.55. The highest BCUT2D eigenvalue weighted by Crippen LogP contribution is 2.31. The van der Waals surface area contributed by atoms with E-state index in [0.29, 0.717) is 22.0 Å². The number of alkyl halides is 3. The standard InChI is InChI=1S/C16H14Cl4N2O2/c1-24-13-8-2-10(3-9-13)14(23)22-15(16(18,19)20)21-12-6-4-11(17)5-7-12/h2-9,15,21H,1H3,(H,22,23)/t15-/m1/s1. The van der Waals surface area contributed by atoms with Crippen LogP contribution in [0, 0.1) is 0 Å². The van der Waals surface area contributed by atoms with Crippen LogP contribution in [0.25, 0.3) is 0 Å². The second kappa shape index (κ2) is 8.17. The van der Waals surface area contributed by atoms with Gasteiger partial charge in [-0.3, -0.25) is 4.79 Å². The minimum Gasteiger partial charge on any atom is -0.497 e. The Balaban J connectivity index is 2.13. The van der Waals surface area contributed by atoms with Gasteiger partial charge in [-0.1, -0.05) is 46.4 Å². The van der Waals surface area contributed by atoms with Crippen molar-refractivity contribution in [3.8, 4) is 5.75 Å². The Morgan fingerprint density at radius 3 is 2.12 bits per heavy atom. The summed E-state index contributed by atoms with van der Waals surface area (Å²) in [4.78, 5) is 12.4. The van der Waals surface area contributed by atoms with E-state index in [1.165, 1.54) is 0 Å². The number of amides is 1. The average molecular weight is 408 g/mol. The zero-order chi connectivity index (χ0) is 17.7. The molecule has 0 heterocycles. The molecule has 0 aromatic heterocycles. The molecule has 2 aromatic rings. The van der Waals surface area contributed by atoms with Crippen LogP contribution in [0.2, 0.25) is 5.02 Å². The van der Waals surface area contributed by atoms with Crippen molar-refractivity contribution in [1.29, 1.82) is 0 Å². The fourth-order valence-electron chi connectivity index (χ4n) is 1.87. The molecule has 2 N–H and O–H groups in total. The first kappa shape index (κ1) is 19.0. The molecular weight excluding hydrogens is 394 g/mol. The van der Waals surface area contributed by atoms with Crippen molar-refractivity contribution in [2.45, 2.75) is 9.96 Å². The molecule has 0 saturated heterocycles. The lowest BCUT2D eigenvalue weighted by atomic mass is 10.2. The first-order valence-electron chi connectivity index (χ1n) is 6.83. The zero-order valence-electron chi connectivity index (χ0n) is 12.5. The Labute approximate surface area is 160 Å². The molecule has 0 saturated carbocycles. The van der Waals surface area contributed by atoms with E-state index in [2.05, 4.69) is 10.6 Å². The van der Waals surface area contributed by atoms with E-state index in [1.54, 1.807) is 55.6 Å². The number of benzene rings is 2. The van der Waals surface area contributed by atoms with Gasteiger partial charge in [-0.05, 0) is 48.5 Å². The molecule has 0 aliphatic carbocycles. The number of carbonyl (C=O) groups excluding carboxylic acids is 1. The molecule has 0 aliphatic heterocycles. The molecule has 0 unspecified atom stereocenters. The molecule has 1 amide bonds. The molecule has 1 atom stereocenters. The van der Waals surface area contributed by atoms with E-state index >= 15 is 0 Å². The highest BCUT2D eigenvalue weighted by atomic mass is 35.6. The van der Waals surface area contributed by atoms with Gasteiger partial charge in [0.25, 0.3) is 5.91 Å². The number of hydrogen-bond donors (Lipinski definition) is 2. The van der Waals surface area contributed by atoms with Crippen molar-refractivity contribution >= 4 is 58.0 Å². The van der Waals surface area contributed by atoms with Gasteiger partial charge in [0.1, 0.15) is 11.9 Å². The number of ether oxygens (including phenoxy) is 1. The zero-order valence-corrected chi connectivity index (χ0v) is 15.5. The lowest BCUT2D eigenvalue weighted by molar-refractivity contribution is 0.0942. The Morgan fingerprint density at radius 2 is 1.62 bits per heavy atom. The van der Waals surface area contributed by atoms with Crippen LogP contribution < -0.4 is 15.4 Å². The fraction of sp³-hybridized carbons (Fsp3) is 0.188. The van der Waals surface area contributed by atoms with Crippen LogP contribution >= 0.6 is 46.4 Å². The summed E-state index contributed by atoms with van der Waals surface area (Å²) in [6, 6.07) is 13.4. The highest BCUT2D eigenvalue weighted by molar-refractivity contribution is 6.68. The van der Waals surface area contributed by atoms with Gasteiger partial charge in [0, 0.05) is 16.3 Å². The van der Waals surface area contributed by atoms with Crippen molar-refractivity contribution in [3.63, 3.8) is 0 Å². The van der Waals surface area contributed by atoms with Gasteiger partial charge >= 0.3 is 0 Å². The topological polar surface area (TPSA) is 50.4 Å². The largest absolute Gasteiger partial charge is 0.497 e. The molecule has 128 valence electrons. The number of anilines is 1. The van der Waals surface area contributed by atoms with Crippen molar-refractivity contribution < 1.29 is 9.53 Å². The van der Waals surface area contributed by atoms with E-state index in [4.69, 9.17) is 51.1 Å². The van der Waals surface area contributed by atoms with Crippen molar-refractivity contribution in [2.75, 3.05) is 12.4 Å². The van der Waals surface area contributed by atoms with Crippen molar-refractivity contribution in [2.24, 2.45) is 0 Å². The summed E-state index contributed by atoms with van der Waals surface area (Å²) < 4.78 is 3.29.